The Balaban J connectivity index is 1.06. The molecule has 0 bridgehead atoms. The number of hydrogen-bond acceptors (Lipinski definition) is 5. The molecular formula is C22H35N5. The Labute approximate surface area is 164 Å². The summed E-state index contributed by atoms with van der Waals surface area (Å²) in [5, 5.41) is 0. The van der Waals surface area contributed by atoms with Crippen molar-refractivity contribution in [1.82, 2.24) is 24.7 Å². The molecule has 0 spiro atoms. The maximum absolute atomic E-state index is 4.84. The Morgan fingerprint density at radius 1 is 0.815 bits per heavy atom. The van der Waals surface area contributed by atoms with E-state index in [-0.39, 0.29) is 0 Å². The Morgan fingerprint density at radius 3 is 2.19 bits per heavy atom. The van der Waals surface area contributed by atoms with Gasteiger partial charge in [-0.15, -0.1) is 0 Å². The predicted octanol–water partition coefficient (Wildman–Crippen LogP) is 2.88. The van der Waals surface area contributed by atoms with Crippen LogP contribution >= 0.6 is 0 Å². The molecule has 4 fully saturated rings. The first kappa shape index (κ1) is 18.0. The van der Waals surface area contributed by atoms with Crippen LogP contribution in [-0.4, -0.2) is 76.0 Å². The molecule has 2 saturated carbocycles. The van der Waals surface area contributed by atoms with Crippen LogP contribution in [-0.2, 0) is 6.54 Å². The van der Waals surface area contributed by atoms with Crippen LogP contribution in [0.3, 0.4) is 0 Å². The van der Waals surface area contributed by atoms with Gasteiger partial charge >= 0.3 is 0 Å². The second-order valence-electron chi connectivity index (χ2n) is 9.25. The first-order valence-corrected chi connectivity index (χ1v) is 11.4. The molecule has 5 nitrogen and oxygen atoms in total. The van der Waals surface area contributed by atoms with Crippen molar-refractivity contribution in [1.29, 1.82) is 0 Å². The molecule has 27 heavy (non-hydrogen) atoms. The minimum absolute atomic E-state index is 0.634. The quantitative estimate of drug-likeness (QED) is 0.797. The van der Waals surface area contributed by atoms with E-state index in [9.17, 15) is 0 Å². The largest absolute Gasteiger partial charge is 0.298 e. The molecule has 2 aliphatic carbocycles. The van der Waals surface area contributed by atoms with Crippen LogP contribution in [0.25, 0.3) is 0 Å². The van der Waals surface area contributed by atoms with Crippen LogP contribution in [0.15, 0.2) is 12.3 Å². The Bertz CT molecular complexity index is 611. The van der Waals surface area contributed by atoms with E-state index in [0.29, 0.717) is 5.92 Å². The normalized spacial score (nSPS) is 27.4. The lowest BCUT2D eigenvalue weighted by Crippen LogP contribution is -2.63. The van der Waals surface area contributed by atoms with Crippen LogP contribution in [0.1, 0.15) is 68.8 Å². The van der Waals surface area contributed by atoms with Gasteiger partial charge in [-0.3, -0.25) is 14.7 Å². The molecule has 0 unspecified atom stereocenters. The third kappa shape index (κ3) is 4.06. The molecule has 0 aromatic carbocycles. The maximum Gasteiger partial charge on any atom is 0.131 e. The van der Waals surface area contributed by atoms with Crippen molar-refractivity contribution in [3.05, 3.63) is 23.8 Å². The SMILES string of the molecule is c1cc(CN2CC(N3CCN(C4CCCCC4)CC3)C2)nc(C2CCC2)n1. The molecule has 5 rings (SSSR count). The summed E-state index contributed by atoms with van der Waals surface area (Å²) in [6.45, 7) is 8.55. The molecule has 2 saturated heterocycles. The number of piperazine rings is 1. The van der Waals surface area contributed by atoms with Crippen LogP contribution in [0, 0.1) is 0 Å². The summed E-state index contributed by atoms with van der Waals surface area (Å²) >= 11 is 0. The van der Waals surface area contributed by atoms with Gasteiger partial charge in [-0.1, -0.05) is 25.7 Å². The minimum Gasteiger partial charge on any atom is -0.298 e. The molecule has 3 heterocycles. The minimum atomic E-state index is 0.634. The Hall–Kier alpha value is -1.04. The van der Waals surface area contributed by atoms with Gasteiger partial charge in [0.2, 0.25) is 0 Å². The van der Waals surface area contributed by atoms with Crippen molar-refractivity contribution >= 4 is 0 Å². The third-order valence-corrected chi connectivity index (χ3v) is 7.48. The fourth-order valence-electron chi connectivity index (χ4n) is 5.41. The summed E-state index contributed by atoms with van der Waals surface area (Å²) in [4.78, 5) is 17.4. The van der Waals surface area contributed by atoms with E-state index in [0.717, 1.165) is 24.5 Å². The van der Waals surface area contributed by atoms with Crippen LogP contribution in [0.5, 0.6) is 0 Å². The van der Waals surface area contributed by atoms with E-state index >= 15 is 0 Å². The molecule has 0 N–H and O–H groups in total. The smallest absolute Gasteiger partial charge is 0.131 e. The van der Waals surface area contributed by atoms with Crippen molar-refractivity contribution in [2.45, 2.75) is 75.9 Å². The van der Waals surface area contributed by atoms with E-state index in [4.69, 9.17) is 4.98 Å². The van der Waals surface area contributed by atoms with Crippen molar-refractivity contribution in [2.24, 2.45) is 0 Å². The molecule has 4 aliphatic rings. The first-order chi connectivity index (χ1) is 13.3. The third-order valence-electron chi connectivity index (χ3n) is 7.48. The maximum atomic E-state index is 4.84. The molecule has 0 amide bonds. The zero-order valence-corrected chi connectivity index (χ0v) is 16.7. The predicted molar refractivity (Wildman–Crippen MR) is 108 cm³/mol. The van der Waals surface area contributed by atoms with Gasteiger partial charge in [0.1, 0.15) is 5.82 Å². The molecule has 1 aromatic rings. The van der Waals surface area contributed by atoms with E-state index in [1.165, 1.54) is 96.3 Å². The monoisotopic (exact) mass is 369 g/mol. The summed E-state index contributed by atoms with van der Waals surface area (Å²) < 4.78 is 0. The molecule has 148 valence electrons. The van der Waals surface area contributed by atoms with E-state index < -0.39 is 0 Å². The lowest BCUT2D eigenvalue weighted by atomic mass is 9.85. The molecule has 0 radical (unpaired) electrons. The van der Waals surface area contributed by atoms with Gasteiger partial charge in [-0.05, 0) is 31.7 Å². The highest BCUT2D eigenvalue weighted by molar-refractivity contribution is 5.09. The second-order valence-corrected chi connectivity index (χ2v) is 9.25. The van der Waals surface area contributed by atoms with Crippen LogP contribution in [0.4, 0.5) is 0 Å². The van der Waals surface area contributed by atoms with Crippen molar-refractivity contribution < 1.29 is 0 Å². The number of hydrogen-bond donors (Lipinski definition) is 0. The van der Waals surface area contributed by atoms with E-state index in [2.05, 4.69) is 25.8 Å². The van der Waals surface area contributed by atoms with Gasteiger partial charge < -0.3 is 0 Å². The highest BCUT2D eigenvalue weighted by atomic mass is 15.4. The number of nitrogens with zero attached hydrogens (tertiary/aromatic N) is 5. The zero-order valence-electron chi connectivity index (χ0n) is 16.7. The fourth-order valence-corrected chi connectivity index (χ4v) is 5.41. The van der Waals surface area contributed by atoms with Gasteiger partial charge in [0, 0.05) is 70.0 Å². The van der Waals surface area contributed by atoms with Crippen molar-refractivity contribution in [2.75, 3.05) is 39.3 Å². The molecule has 5 heteroatoms. The fraction of sp³-hybridized carbons (Fsp3) is 0.818. The van der Waals surface area contributed by atoms with Gasteiger partial charge in [-0.25, -0.2) is 9.97 Å². The Kier molecular flexibility index (Phi) is 5.43. The van der Waals surface area contributed by atoms with Crippen molar-refractivity contribution in [3.63, 3.8) is 0 Å². The standard InChI is InChI=1S/C22H35N5/c1-2-7-20(8-3-1)26-11-13-27(14-12-26)21-16-25(17-21)15-19-9-10-23-22(24-19)18-5-4-6-18/h9-10,18,20-21H,1-8,11-17H2. The zero-order chi connectivity index (χ0) is 18.1. The molecule has 2 aliphatic heterocycles. The summed E-state index contributed by atoms with van der Waals surface area (Å²) in [6, 6.07) is 3.77. The van der Waals surface area contributed by atoms with Gasteiger partial charge in [0.25, 0.3) is 0 Å². The Morgan fingerprint density at radius 2 is 1.52 bits per heavy atom. The topological polar surface area (TPSA) is 35.5 Å². The average molecular weight is 370 g/mol. The number of rotatable bonds is 5. The van der Waals surface area contributed by atoms with Crippen molar-refractivity contribution in [3.8, 4) is 0 Å². The molecule has 0 atom stereocenters. The lowest BCUT2D eigenvalue weighted by molar-refractivity contribution is -0.0109. The first-order valence-electron chi connectivity index (χ1n) is 11.4. The van der Waals surface area contributed by atoms with Gasteiger partial charge in [0.15, 0.2) is 0 Å². The average Bonchev–Trinajstić information content (AvgIpc) is 2.64. The lowest BCUT2D eigenvalue weighted by Gasteiger charge is -2.49. The second kappa shape index (κ2) is 8.14. The summed E-state index contributed by atoms with van der Waals surface area (Å²) in [5.74, 6) is 1.73. The summed E-state index contributed by atoms with van der Waals surface area (Å²) in [5.41, 5.74) is 1.22. The van der Waals surface area contributed by atoms with Crippen LogP contribution < -0.4 is 0 Å². The van der Waals surface area contributed by atoms with Gasteiger partial charge in [0.05, 0.1) is 5.69 Å². The molecular weight excluding hydrogens is 334 g/mol. The highest BCUT2D eigenvalue weighted by Crippen LogP contribution is 2.34. The number of aromatic nitrogens is 2. The van der Waals surface area contributed by atoms with Crippen LogP contribution in [0.2, 0.25) is 0 Å². The summed E-state index contributed by atoms with van der Waals surface area (Å²) in [6.07, 6.45) is 13.1. The molecule has 1 aromatic heterocycles. The van der Waals surface area contributed by atoms with Gasteiger partial charge in [-0.2, -0.15) is 0 Å². The number of likely N-dealkylation sites (tertiary alicyclic amines) is 1. The summed E-state index contributed by atoms with van der Waals surface area (Å²) in [7, 11) is 0. The van der Waals surface area contributed by atoms with E-state index in [1.54, 1.807) is 0 Å². The van der Waals surface area contributed by atoms with E-state index in [1.807, 2.05) is 6.20 Å². The highest BCUT2D eigenvalue weighted by Gasteiger charge is 2.35.